The van der Waals surface area contributed by atoms with Gasteiger partial charge in [-0.25, -0.2) is 0 Å². The molecule has 0 N–H and O–H groups in total. The van der Waals surface area contributed by atoms with E-state index in [1.165, 1.54) is 108 Å². The summed E-state index contributed by atoms with van der Waals surface area (Å²) < 4.78 is 2.65. The van der Waals surface area contributed by atoms with Crippen molar-refractivity contribution in [2.24, 2.45) is 0 Å². The minimum atomic E-state index is 1.22. The predicted molar refractivity (Wildman–Crippen MR) is 231 cm³/mol. The summed E-state index contributed by atoms with van der Waals surface area (Å²) in [5.74, 6) is 0. The molecule has 0 unspecified atom stereocenters. The van der Waals surface area contributed by atoms with Gasteiger partial charge in [0.2, 0.25) is 0 Å². The largest absolute Gasteiger partial charge is 0.135 e. The van der Waals surface area contributed by atoms with Crippen LogP contribution in [0, 0.1) is 0 Å². The SMILES string of the molecule is c1cc(-c2ccc3ccccc3c2)cc(-c2c3ccccc3c(-c3cccc4ccccc34)c3cccc(-c4ccc5sc6ccccc6c5c4)c23)c1. The highest BCUT2D eigenvalue weighted by Gasteiger charge is 2.21. The van der Waals surface area contributed by atoms with Crippen LogP contribution in [0.5, 0.6) is 0 Å². The highest BCUT2D eigenvalue weighted by molar-refractivity contribution is 7.25. The number of rotatable bonds is 4. The molecular formula is C52H32S. The van der Waals surface area contributed by atoms with E-state index >= 15 is 0 Å². The second-order valence-electron chi connectivity index (χ2n) is 14.0. The molecule has 11 aromatic rings. The Bertz CT molecular complexity index is 3230. The Morgan fingerprint density at radius 3 is 1.74 bits per heavy atom. The Kier molecular flexibility index (Phi) is 6.83. The molecule has 1 heterocycles. The molecule has 1 heteroatoms. The van der Waals surface area contributed by atoms with Crippen molar-refractivity contribution in [2.75, 3.05) is 0 Å². The molecule has 0 aliphatic rings. The van der Waals surface area contributed by atoms with Gasteiger partial charge in [-0.2, -0.15) is 0 Å². The monoisotopic (exact) mass is 688 g/mol. The number of benzene rings is 10. The Balaban J connectivity index is 1.26. The van der Waals surface area contributed by atoms with Gasteiger partial charge >= 0.3 is 0 Å². The van der Waals surface area contributed by atoms with E-state index in [2.05, 4.69) is 194 Å². The zero-order valence-corrected chi connectivity index (χ0v) is 29.7. The molecule has 53 heavy (non-hydrogen) atoms. The fraction of sp³-hybridized carbons (Fsp3) is 0. The van der Waals surface area contributed by atoms with Gasteiger partial charge in [0, 0.05) is 20.2 Å². The lowest BCUT2D eigenvalue weighted by Gasteiger charge is -2.21. The third-order valence-corrected chi connectivity index (χ3v) is 12.2. The van der Waals surface area contributed by atoms with Crippen LogP contribution in [-0.2, 0) is 0 Å². The summed E-state index contributed by atoms with van der Waals surface area (Å²) in [7, 11) is 0. The van der Waals surface area contributed by atoms with E-state index in [-0.39, 0.29) is 0 Å². The van der Waals surface area contributed by atoms with Gasteiger partial charge < -0.3 is 0 Å². The summed E-state index contributed by atoms with van der Waals surface area (Å²) in [4.78, 5) is 0. The van der Waals surface area contributed by atoms with E-state index < -0.39 is 0 Å². The van der Waals surface area contributed by atoms with Crippen molar-refractivity contribution in [3.05, 3.63) is 194 Å². The van der Waals surface area contributed by atoms with Crippen LogP contribution in [0.3, 0.4) is 0 Å². The third-order valence-electron chi connectivity index (χ3n) is 11.0. The summed E-state index contributed by atoms with van der Waals surface area (Å²) in [6.45, 7) is 0. The van der Waals surface area contributed by atoms with Crippen molar-refractivity contribution in [1.29, 1.82) is 0 Å². The van der Waals surface area contributed by atoms with Crippen LogP contribution in [0.2, 0.25) is 0 Å². The van der Waals surface area contributed by atoms with Crippen molar-refractivity contribution >= 4 is 74.6 Å². The van der Waals surface area contributed by atoms with E-state index in [1.807, 2.05) is 11.3 Å². The van der Waals surface area contributed by atoms with Crippen molar-refractivity contribution in [2.45, 2.75) is 0 Å². The van der Waals surface area contributed by atoms with Crippen LogP contribution in [-0.4, -0.2) is 0 Å². The van der Waals surface area contributed by atoms with Crippen LogP contribution < -0.4 is 0 Å². The molecule has 11 rings (SSSR count). The first-order valence-corrected chi connectivity index (χ1v) is 19.1. The maximum absolute atomic E-state index is 2.42. The predicted octanol–water partition coefficient (Wildman–Crippen LogP) is 15.3. The van der Waals surface area contributed by atoms with Gasteiger partial charge in [0.05, 0.1) is 0 Å². The first-order chi connectivity index (χ1) is 26.3. The molecule has 0 spiro atoms. The Hall–Kier alpha value is -6.54. The van der Waals surface area contributed by atoms with Crippen LogP contribution in [0.25, 0.3) is 108 Å². The number of fused-ring (bicyclic) bond motifs is 7. The molecule has 0 bridgehead atoms. The van der Waals surface area contributed by atoms with Gasteiger partial charge in [0.15, 0.2) is 0 Å². The van der Waals surface area contributed by atoms with E-state index in [4.69, 9.17) is 0 Å². The van der Waals surface area contributed by atoms with Gasteiger partial charge in [0.25, 0.3) is 0 Å². The van der Waals surface area contributed by atoms with Gasteiger partial charge in [-0.3, -0.25) is 0 Å². The number of thiophene rings is 1. The number of hydrogen-bond donors (Lipinski definition) is 0. The molecule has 10 aromatic carbocycles. The first-order valence-electron chi connectivity index (χ1n) is 18.3. The molecule has 0 saturated heterocycles. The van der Waals surface area contributed by atoms with Crippen LogP contribution in [0.4, 0.5) is 0 Å². The molecule has 0 saturated carbocycles. The van der Waals surface area contributed by atoms with E-state index in [0.717, 1.165) is 0 Å². The Morgan fingerprint density at radius 1 is 0.264 bits per heavy atom. The summed E-state index contributed by atoms with van der Waals surface area (Å²) in [5, 5.41) is 12.7. The highest BCUT2D eigenvalue weighted by atomic mass is 32.1. The average Bonchev–Trinajstić information content (AvgIpc) is 3.60. The van der Waals surface area contributed by atoms with Gasteiger partial charge in [0.1, 0.15) is 0 Å². The van der Waals surface area contributed by atoms with Crippen molar-refractivity contribution in [3.8, 4) is 44.5 Å². The molecular weight excluding hydrogens is 657 g/mol. The van der Waals surface area contributed by atoms with E-state index in [0.29, 0.717) is 0 Å². The molecule has 0 nitrogen and oxygen atoms in total. The van der Waals surface area contributed by atoms with Crippen LogP contribution in [0.15, 0.2) is 194 Å². The smallest absolute Gasteiger partial charge is 0.0355 e. The Morgan fingerprint density at radius 2 is 0.849 bits per heavy atom. The molecule has 0 amide bonds. The second-order valence-corrected chi connectivity index (χ2v) is 15.1. The molecule has 0 radical (unpaired) electrons. The highest BCUT2D eigenvalue weighted by Crippen LogP contribution is 2.49. The summed E-state index contributed by atoms with van der Waals surface area (Å²) in [6, 6.07) is 72.0. The topological polar surface area (TPSA) is 0 Å². The molecule has 246 valence electrons. The first kappa shape index (κ1) is 30.1. The second kappa shape index (κ2) is 12.0. The third kappa shape index (κ3) is 4.82. The quantitative estimate of drug-likeness (QED) is 0.162. The average molecular weight is 689 g/mol. The molecule has 0 aliphatic carbocycles. The molecule has 0 atom stereocenters. The summed E-state index contributed by atoms with van der Waals surface area (Å²) >= 11 is 1.87. The van der Waals surface area contributed by atoms with Gasteiger partial charge in [-0.05, 0) is 118 Å². The maximum atomic E-state index is 2.42. The number of hydrogen-bond acceptors (Lipinski definition) is 1. The summed E-state index contributed by atoms with van der Waals surface area (Å²) in [5.41, 5.74) is 9.96. The molecule has 1 aromatic heterocycles. The van der Waals surface area contributed by atoms with E-state index in [1.54, 1.807) is 0 Å². The van der Waals surface area contributed by atoms with Crippen LogP contribution in [0.1, 0.15) is 0 Å². The van der Waals surface area contributed by atoms with Crippen molar-refractivity contribution in [3.63, 3.8) is 0 Å². The van der Waals surface area contributed by atoms with Crippen molar-refractivity contribution < 1.29 is 0 Å². The maximum Gasteiger partial charge on any atom is 0.0355 e. The minimum Gasteiger partial charge on any atom is -0.135 e. The molecule has 0 aliphatic heterocycles. The fourth-order valence-corrected chi connectivity index (χ4v) is 9.71. The lowest BCUT2D eigenvalue weighted by molar-refractivity contribution is 1.62. The Labute approximate surface area is 311 Å². The van der Waals surface area contributed by atoms with E-state index in [9.17, 15) is 0 Å². The minimum absolute atomic E-state index is 1.22. The normalized spacial score (nSPS) is 11.8. The zero-order valence-electron chi connectivity index (χ0n) is 28.9. The molecule has 0 fully saturated rings. The van der Waals surface area contributed by atoms with Gasteiger partial charge in [-0.1, -0.05) is 164 Å². The fourth-order valence-electron chi connectivity index (χ4n) is 8.62. The lowest BCUT2D eigenvalue weighted by atomic mass is 9.81. The van der Waals surface area contributed by atoms with Crippen molar-refractivity contribution in [1.82, 2.24) is 0 Å². The van der Waals surface area contributed by atoms with Crippen LogP contribution >= 0.6 is 11.3 Å². The van der Waals surface area contributed by atoms with Gasteiger partial charge in [-0.15, -0.1) is 11.3 Å². The standard InChI is InChI=1S/C52H32S/c1-2-14-35-30-37(27-26-33(35)12-1)36-16-9-17-39(31-36)50-44-20-5-6-21-45(44)51(43-23-10-15-34-13-3-4-18-40(34)43)46-24-11-22-41(52(46)50)38-28-29-49-47(32-38)42-19-7-8-25-48(42)53-49/h1-32H. The zero-order chi connectivity index (χ0) is 34.9. The lowest BCUT2D eigenvalue weighted by Crippen LogP contribution is -1.94. The summed E-state index contributed by atoms with van der Waals surface area (Å²) in [6.07, 6.45) is 0.